The monoisotopic (exact) mass is 1330 g/mol. The number of rotatable bonds is 18. The number of Topliss-reactive ketones (excluding diaryl/α,β-unsaturated/α-hetero) is 6. The van der Waals surface area contributed by atoms with Gasteiger partial charge in [-0.25, -0.2) is 9.78 Å². The predicted molar refractivity (Wildman–Crippen MR) is 359 cm³/mol. The summed E-state index contributed by atoms with van der Waals surface area (Å²) in [6, 6.07) is 23.1. The van der Waals surface area contributed by atoms with Crippen molar-refractivity contribution in [2.24, 2.45) is 22.5 Å². The molecule has 2 aromatic heterocycles. The van der Waals surface area contributed by atoms with Crippen LogP contribution >= 0.6 is 11.3 Å². The molecule has 0 saturated carbocycles. The first-order chi connectivity index (χ1) is 42.8. The summed E-state index contributed by atoms with van der Waals surface area (Å²) in [5, 5.41) is 30.1. The maximum Gasteiger partial charge on any atom is 0.407 e. The smallest absolute Gasteiger partial charge is 0.407 e. The molecule has 4 aromatic rings. The summed E-state index contributed by atoms with van der Waals surface area (Å²) in [5.41, 5.74) is 7.18. The van der Waals surface area contributed by atoms with Gasteiger partial charge in [-0.3, -0.25) is 52.9 Å². The van der Waals surface area contributed by atoms with Crippen LogP contribution in [0.15, 0.2) is 90.6 Å². The number of nitrogens with two attached hydrogens (primary N) is 1. The molecule has 0 radical (unpaired) electrons. The number of thiazole rings is 1. The van der Waals surface area contributed by atoms with Crippen LogP contribution in [0.2, 0.25) is 0 Å². The Bertz CT molecular complexity index is 2730. The summed E-state index contributed by atoms with van der Waals surface area (Å²) in [5.74, 6) is -2.19. The quantitative estimate of drug-likeness (QED) is 0.0456. The minimum atomic E-state index is -0.930. The number of carbonyl (C=O) groups is 12. The van der Waals surface area contributed by atoms with Crippen molar-refractivity contribution in [3.05, 3.63) is 118 Å². The lowest BCUT2D eigenvalue weighted by Gasteiger charge is -2.31. The lowest BCUT2D eigenvalue weighted by atomic mass is 9.85. The number of nitrogens with zero attached hydrogens (tertiary/aromatic N) is 4. The molecule has 2 saturated heterocycles. The number of alkyl carbamates (subject to hydrolysis) is 1. The van der Waals surface area contributed by atoms with Gasteiger partial charge < -0.3 is 55.2 Å². The Kier molecular flexibility index (Phi) is 55.7. The van der Waals surface area contributed by atoms with Crippen molar-refractivity contribution in [3.8, 4) is 0 Å². The predicted octanol–water partition coefficient (Wildman–Crippen LogP) is 10.3. The van der Waals surface area contributed by atoms with Crippen LogP contribution in [0.5, 0.6) is 0 Å². The van der Waals surface area contributed by atoms with Crippen molar-refractivity contribution in [1.29, 1.82) is 0 Å². The second-order valence-electron chi connectivity index (χ2n) is 22.2. The Morgan fingerprint density at radius 1 is 0.677 bits per heavy atom. The average Bonchev–Trinajstić information content (AvgIpc) is 3.81. The van der Waals surface area contributed by atoms with Gasteiger partial charge in [0.1, 0.15) is 47.8 Å². The number of nitrogens with one attached hydrogen (secondary N) is 1. The van der Waals surface area contributed by atoms with Crippen LogP contribution < -0.4 is 11.1 Å². The van der Waals surface area contributed by atoms with Gasteiger partial charge in [-0.1, -0.05) is 88.0 Å². The van der Waals surface area contributed by atoms with E-state index >= 15 is 0 Å². The SMILES string of the molecule is C.CC(=O)C(C)(C)CC(=O)O.CC(=O)C1CCOC1.CC(=O)CC(C)(C)C(=O)O.CC(=O)CCCC(=O)O.CC(=O)CCN.CC(=O)N1CCN(C)CC1.CC(=O)OCc1ccccc1.CC(=O)c1csc(C)n1.CNC(=O)OCc1ccccc1.Cc1cccnc1. The van der Waals surface area contributed by atoms with Crippen molar-refractivity contribution < 1.29 is 87.1 Å². The van der Waals surface area contributed by atoms with Gasteiger partial charge in [0.25, 0.3) is 0 Å². The molecule has 2 aliphatic rings. The van der Waals surface area contributed by atoms with E-state index in [1.54, 1.807) is 39.3 Å². The minimum Gasteiger partial charge on any atom is -0.481 e. The number of aliphatic carboxylic acids is 3. The first-order valence-corrected chi connectivity index (χ1v) is 30.5. The zero-order valence-corrected chi connectivity index (χ0v) is 57.6. The molecule has 0 aliphatic carbocycles. The molecule has 93 heavy (non-hydrogen) atoms. The van der Waals surface area contributed by atoms with Crippen molar-refractivity contribution in [3.63, 3.8) is 0 Å². The number of piperazine rings is 1. The lowest BCUT2D eigenvalue weighted by Crippen LogP contribution is -2.46. The summed E-state index contributed by atoms with van der Waals surface area (Å²) >= 11 is 1.50. The molecule has 2 aliphatic heterocycles. The Labute approximate surface area is 554 Å². The Morgan fingerprint density at radius 2 is 1.19 bits per heavy atom. The first kappa shape index (κ1) is 93.5. The van der Waals surface area contributed by atoms with Gasteiger partial charge in [0, 0.05) is 115 Å². The lowest BCUT2D eigenvalue weighted by molar-refractivity contribution is -0.149. The van der Waals surface area contributed by atoms with Crippen LogP contribution in [0, 0.1) is 30.6 Å². The molecular formula is C68H106N6O18S. The number of aryl methyl sites for hydroxylation is 2. The van der Waals surface area contributed by atoms with Crippen molar-refractivity contribution in [1.82, 2.24) is 25.1 Å². The number of carbonyl (C=O) groups excluding carboxylic acids is 9. The average molecular weight is 1330 g/mol. The second-order valence-corrected chi connectivity index (χ2v) is 23.2. The highest BCUT2D eigenvalue weighted by Gasteiger charge is 2.28. The fourth-order valence-electron chi connectivity index (χ4n) is 6.40. The van der Waals surface area contributed by atoms with Gasteiger partial charge in [-0.2, -0.15) is 0 Å². The van der Waals surface area contributed by atoms with Crippen LogP contribution in [0.4, 0.5) is 4.79 Å². The van der Waals surface area contributed by atoms with E-state index in [4.69, 9.17) is 35.3 Å². The summed E-state index contributed by atoms with van der Waals surface area (Å²) in [4.78, 5) is 137. The maximum atomic E-state index is 10.8. The fraction of sp³-hybridized carbons (Fsp3) is 0.529. The van der Waals surface area contributed by atoms with E-state index in [-0.39, 0.29) is 79.2 Å². The molecule has 2 amide bonds. The summed E-state index contributed by atoms with van der Waals surface area (Å²) in [7, 11) is 3.62. The van der Waals surface area contributed by atoms with Gasteiger partial charge in [-0.15, -0.1) is 11.3 Å². The number of esters is 1. The topological polar surface area (TPSA) is 364 Å². The van der Waals surface area contributed by atoms with E-state index in [1.807, 2.05) is 97.7 Å². The molecule has 25 heteroatoms. The third-order valence-electron chi connectivity index (χ3n) is 12.2. The number of hydrogen-bond donors (Lipinski definition) is 5. The largest absolute Gasteiger partial charge is 0.481 e. The zero-order valence-electron chi connectivity index (χ0n) is 56.8. The Hall–Kier alpha value is -8.26. The number of aromatic nitrogens is 2. The normalized spacial score (nSPS) is 12.4. The first-order valence-electron chi connectivity index (χ1n) is 29.6. The molecule has 6 rings (SSSR count). The van der Waals surface area contributed by atoms with Crippen LogP contribution in [0.1, 0.15) is 168 Å². The molecule has 1 atom stereocenters. The minimum absolute atomic E-state index is 0. The van der Waals surface area contributed by atoms with Gasteiger partial charge in [0.15, 0.2) is 5.78 Å². The molecule has 4 heterocycles. The highest BCUT2D eigenvalue weighted by Crippen LogP contribution is 2.21. The number of hydrogen-bond acceptors (Lipinski definition) is 20. The zero-order chi connectivity index (χ0) is 71.4. The third-order valence-corrected chi connectivity index (χ3v) is 12.9. The van der Waals surface area contributed by atoms with Crippen LogP contribution in [-0.2, 0) is 75.4 Å². The number of carboxylic acid groups (broad SMARTS) is 3. The Morgan fingerprint density at radius 3 is 1.45 bits per heavy atom. The fourth-order valence-corrected chi connectivity index (χ4v) is 7.05. The molecule has 6 N–H and O–H groups in total. The third kappa shape index (κ3) is 59.8. The van der Waals surface area contributed by atoms with Crippen molar-refractivity contribution in [2.75, 3.05) is 60.0 Å². The van der Waals surface area contributed by atoms with Crippen LogP contribution in [0.25, 0.3) is 0 Å². The van der Waals surface area contributed by atoms with E-state index in [2.05, 4.69) is 27.2 Å². The molecule has 0 bridgehead atoms. The number of likely N-dealkylation sites (N-methyl/N-ethyl adjacent to an activating group) is 1. The maximum absolute atomic E-state index is 10.8. The summed E-state index contributed by atoms with van der Waals surface area (Å²) in [6.07, 6.45) is 5.59. The highest BCUT2D eigenvalue weighted by atomic mass is 32.1. The van der Waals surface area contributed by atoms with Crippen LogP contribution in [-0.4, -0.2) is 166 Å². The van der Waals surface area contributed by atoms with Crippen LogP contribution in [0.3, 0.4) is 0 Å². The molecule has 24 nitrogen and oxygen atoms in total. The van der Waals surface area contributed by atoms with E-state index in [1.165, 1.54) is 79.3 Å². The van der Waals surface area contributed by atoms with Gasteiger partial charge >= 0.3 is 30.0 Å². The van der Waals surface area contributed by atoms with Gasteiger partial charge in [-0.05, 0) is 112 Å². The number of ketones is 6. The molecule has 0 spiro atoms. The molecular weight excluding hydrogens is 1220 g/mol. The number of benzene rings is 2. The molecule has 522 valence electrons. The molecule has 2 fully saturated rings. The Balaban J connectivity index is -0.000000309. The number of amides is 2. The van der Waals surface area contributed by atoms with E-state index < -0.39 is 34.8 Å². The van der Waals surface area contributed by atoms with E-state index in [0.29, 0.717) is 51.3 Å². The number of carboxylic acids is 3. The molecule has 2 aromatic carbocycles. The number of ether oxygens (including phenoxy) is 3. The second kappa shape index (κ2) is 55.4. The van der Waals surface area contributed by atoms with Gasteiger partial charge in [0.05, 0.1) is 23.5 Å². The van der Waals surface area contributed by atoms with E-state index in [9.17, 15) is 57.5 Å². The van der Waals surface area contributed by atoms with Gasteiger partial charge in [0.2, 0.25) is 5.91 Å². The van der Waals surface area contributed by atoms with Crippen molar-refractivity contribution >= 4 is 81.9 Å². The standard InChI is InChI=1S/C9H11NO2.C9H10O2.C7H14N2O.2C7H12O3.C6H7NOS.C6H7N.C6H10O3.C6H10O2.C4H9NO.CH4/c1-10-9(11)12-7-8-5-3-2-4-6-8;1-8(10)11-7-9-5-3-2-4-6-9;1-7(10)9-5-3-8(2)4-6-9;1-5(8)7(2,3)4-6(9)10;1-5(8)4-7(2,3)6(9)10;1-4(8)6-3-9-5(2)7-6;1-6-3-2-4-7-5-6;1-5(7)3-2-4-6(8)9;1-5(7)6-2-3-8-4-6;1-4(6)2-3-5;/h2-6H,7H2,1H3,(H,10,11);2-6H,7H2,1H3;3-6H2,1-2H3;2*4H2,1-3H3,(H,9,10);3H,1-2H3;2-5H,1H3;2-4H2,1H3,(H,8,9);6H,2-4H2,1H3;2-3,5H2,1H3;1H4. The summed E-state index contributed by atoms with van der Waals surface area (Å²) in [6.45, 7) is 28.6. The summed E-state index contributed by atoms with van der Waals surface area (Å²) < 4.78 is 14.6. The molecule has 1 unspecified atom stereocenters. The highest BCUT2D eigenvalue weighted by molar-refractivity contribution is 7.09. The van der Waals surface area contributed by atoms with Crippen molar-refractivity contribution in [2.45, 2.75) is 163 Å². The van der Waals surface area contributed by atoms with E-state index in [0.717, 1.165) is 55.3 Å². The number of pyridine rings is 1.